The number of rotatable bonds is 2. The number of nitrogen functional groups attached to an aromatic ring is 1. The molecule has 0 unspecified atom stereocenters. The fraction of sp³-hybridized carbons (Fsp3) is 0.143. The Morgan fingerprint density at radius 3 is 2.44 bits per heavy atom. The van der Waals surface area contributed by atoms with Crippen LogP contribution < -0.4 is 10.6 Å². The van der Waals surface area contributed by atoms with Gasteiger partial charge in [-0.15, -0.1) is 0 Å². The molecule has 0 aliphatic heterocycles. The zero-order valence-corrected chi connectivity index (χ0v) is 10.2. The maximum Gasteiger partial charge on any atom is 0.147 e. The van der Waals surface area contributed by atoms with Gasteiger partial charge in [0.25, 0.3) is 0 Å². The van der Waals surface area contributed by atoms with Crippen LogP contribution in [-0.4, -0.2) is 7.05 Å². The molecule has 2 aromatic carbocycles. The highest BCUT2D eigenvalue weighted by atomic mass is 19.1. The molecule has 0 aromatic heterocycles. The lowest BCUT2D eigenvalue weighted by Gasteiger charge is -2.22. The summed E-state index contributed by atoms with van der Waals surface area (Å²) >= 11 is 0. The first-order chi connectivity index (χ1) is 8.49. The van der Waals surface area contributed by atoms with Crippen LogP contribution in [0.3, 0.4) is 0 Å². The lowest BCUT2D eigenvalue weighted by molar-refractivity contribution is 0.600. The number of benzene rings is 2. The molecule has 0 atom stereocenters. The molecule has 2 aromatic rings. The Balaban J connectivity index is 2.50. The third-order valence-corrected chi connectivity index (χ3v) is 2.82. The van der Waals surface area contributed by atoms with E-state index in [1.165, 1.54) is 0 Å². The summed E-state index contributed by atoms with van der Waals surface area (Å²) in [5.41, 5.74) is 8.19. The minimum absolute atomic E-state index is 0.160. The average molecular weight is 248 g/mol. The quantitative estimate of drug-likeness (QED) is 0.822. The van der Waals surface area contributed by atoms with Gasteiger partial charge >= 0.3 is 0 Å². The second-order valence-electron chi connectivity index (χ2n) is 4.22. The largest absolute Gasteiger partial charge is 0.397 e. The Morgan fingerprint density at radius 2 is 1.72 bits per heavy atom. The molecule has 4 heteroatoms. The van der Waals surface area contributed by atoms with E-state index in [9.17, 15) is 8.78 Å². The third kappa shape index (κ3) is 2.27. The van der Waals surface area contributed by atoms with E-state index < -0.39 is 11.6 Å². The highest BCUT2D eigenvalue weighted by molar-refractivity contribution is 5.75. The molecular weight excluding hydrogens is 234 g/mol. The van der Waals surface area contributed by atoms with E-state index in [2.05, 4.69) is 0 Å². The van der Waals surface area contributed by atoms with Crippen molar-refractivity contribution >= 4 is 17.1 Å². The van der Waals surface area contributed by atoms with Crippen LogP contribution in [0.15, 0.2) is 36.4 Å². The Morgan fingerprint density at radius 1 is 1.00 bits per heavy atom. The summed E-state index contributed by atoms with van der Waals surface area (Å²) in [6.45, 7) is 1.92. The van der Waals surface area contributed by atoms with Gasteiger partial charge in [-0.3, -0.25) is 0 Å². The van der Waals surface area contributed by atoms with Gasteiger partial charge in [-0.05, 0) is 36.8 Å². The number of anilines is 3. The summed E-state index contributed by atoms with van der Waals surface area (Å²) in [7, 11) is 1.66. The summed E-state index contributed by atoms with van der Waals surface area (Å²) < 4.78 is 26.9. The van der Waals surface area contributed by atoms with E-state index in [4.69, 9.17) is 5.73 Å². The molecule has 0 amide bonds. The Hall–Kier alpha value is -2.10. The van der Waals surface area contributed by atoms with Gasteiger partial charge in [-0.1, -0.05) is 6.07 Å². The van der Waals surface area contributed by atoms with E-state index in [-0.39, 0.29) is 5.69 Å². The summed E-state index contributed by atoms with van der Waals surface area (Å²) in [5.74, 6) is -0.968. The maximum atomic E-state index is 13.7. The van der Waals surface area contributed by atoms with Crippen molar-refractivity contribution in [3.05, 3.63) is 53.6 Å². The fourth-order valence-corrected chi connectivity index (χ4v) is 1.82. The SMILES string of the molecule is Cc1ccc(N)c(N(C)c2cc(F)ccc2F)c1. The molecule has 2 nitrogen and oxygen atoms in total. The summed E-state index contributed by atoms with van der Waals surface area (Å²) in [4.78, 5) is 1.54. The molecule has 0 spiro atoms. The molecule has 0 fully saturated rings. The standard InChI is InChI=1S/C14H14F2N2/c1-9-3-6-12(17)14(7-9)18(2)13-8-10(15)4-5-11(13)16/h3-8H,17H2,1-2H3. The van der Waals surface area contributed by atoms with E-state index >= 15 is 0 Å². The molecule has 0 aliphatic rings. The van der Waals surface area contributed by atoms with Gasteiger partial charge in [0.05, 0.1) is 17.1 Å². The van der Waals surface area contributed by atoms with Crippen molar-refractivity contribution in [3.63, 3.8) is 0 Å². The normalized spacial score (nSPS) is 10.4. The molecule has 2 N–H and O–H groups in total. The molecule has 0 radical (unpaired) electrons. The van der Waals surface area contributed by atoms with Crippen LogP contribution in [0, 0.1) is 18.6 Å². The summed E-state index contributed by atoms with van der Waals surface area (Å²) in [6.07, 6.45) is 0. The second-order valence-corrected chi connectivity index (χ2v) is 4.22. The van der Waals surface area contributed by atoms with Crippen LogP contribution in [0.25, 0.3) is 0 Å². The zero-order chi connectivity index (χ0) is 13.3. The predicted octanol–water partition coefficient (Wildman–Crippen LogP) is 3.62. The van der Waals surface area contributed by atoms with E-state index in [1.807, 2.05) is 19.1 Å². The topological polar surface area (TPSA) is 29.3 Å². The first-order valence-electron chi connectivity index (χ1n) is 5.54. The van der Waals surface area contributed by atoms with Crippen molar-refractivity contribution in [2.75, 3.05) is 17.7 Å². The third-order valence-electron chi connectivity index (χ3n) is 2.82. The van der Waals surface area contributed by atoms with Gasteiger partial charge in [0.1, 0.15) is 11.6 Å². The zero-order valence-electron chi connectivity index (χ0n) is 10.2. The lowest BCUT2D eigenvalue weighted by Crippen LogP contribution is -2.13. The van der Waals surface area contributed by atoms with Crippen LogP contribution in [0.2, 0.25) is 0 Å². The summed E-state index contributed by atoms with van der Waals surface area (Å²) in [6, 6.07) is 8.79. The van der Waals surface area contributed by atoms with Crippen LogP contribution in [0.1, 0.15) is 5.56 Å². The molecule has 18 heavy (non-hydrogen) atoms. The van der Waals surface area contributed by atoms with Gasteiger partial charge in [0.15, 0.2) is 0 Å². The maximum absolute atomic E-state index is 13.7. The second kappa shape index (κ2) is 4.64. The molecule has 0 aliphatic carbocycles. The molecule has 0 saturated heterocycles. The first-order valence-corrected chi connectivity index (χ1v) is 5.54. The van der Waals surface area contributed by atoms with Crippen LogP contribution >= 0.6 is 0 Å². The molecule has 0 heterocycles. The average Bonchev–Trinajstić information content (AvgIpc) is 2.34. The Kier molecular flexibility index (Phi) is 3.19. The smallest absolute Gasteiger partial charge is 0.147 e. The Bertz CT molecular complexity index is 531. The molecular formula is C14H14F2N2. The van der Waals surface area contributed by atoms with Crippen molar-refractivity contribution in [1.29, 1.82) is 0 Å². The summed E-state index contributed by atoms with van der Waals surface area (Å²) in [5, 5.41) is 0. The van der Waals surface area contributed by atoms with Crippen molar-refractivity contribution in [1.82, 2.24) is 0 Å². The van der Waals surface area contributed by atoms with Crippen molar-refractivity contribution in [2.45, 2.75) is 6.92 Å². The lowest BCUT2D eigenvalue weighted by atomic mass is 10.1. The monoisotopic (exact) mass is 248 g/mol. The van der Waals surface area contributed by atoms with Gasteiger partial charge < -0.3 is 10.6 Å². The van der Waals surface area contributed by atoms with Gasteiger partial charge in [0, 0.05) is 13.1 Å². The van der Waals surface area contributed by atoms with E-state index in [1.54, 1.807) is 18.0 Å². The highest BCUT2D eigenvalue weighted by Crippen LogP contribution is 2.31. The molecule has 2 rings (SSSR count). The van der Waals surface area contributed by atoms with Crippen LogP contribution in [-0.2, 0) is 0 Å². The predicted molar refractivity (Wildman–Crippen MR) is 70.0 cm³/mol. The van der Waals surface area contributed by atoms with Crippen molar-refractivity contribution < 1.29 is 8.78 Å². The van der Waals surface area contributed by atoms with Gasteiger partial charge in [0.2, 0.25) is 0 Å². The van der Waals surface area contributed by atoms with Gasteiger partial charge in [-0.2, -0.15) is 0 Å². The minimum atomic E-state index is -0.486. The number of halogens is 2. The van der Waals surface area contributed by atoms with E-state index in [0.29, 0.717) is 11.4 Å². The molecule has 0 bridgehead atoms. The van der Waals surface area contributed by atoms with Crippen molar-refractivity contribution in [2.24, 2.45) is 0 Å². The van der Waals surface area contributed by atoms with Crippen LogP contribution in [0.4, 0.5) is 25.8 Å². The highest BCUT2D eigenvalue weighted by Gasteiger charge is 2.13. The number of hydrogen-bond donors (Lipinski definition) is 1. The number of hydrogen-bond acceptors (Lipinski definition) is 2. The fourth-order valence-electron chi connectivity index (χ4n) is 1.82. The van der Waals surface area contributed by atoms with Gasteiger partial charge in [-0.25, -0.2) is 8.78 Å². The number of aryl methyl sites for hydroxylation is 1. The first kappa shape index (κ1) is 12.4. The molecule has 0 saturated carbocycles. The van der Waals surface area contributed by atoms with E-state index in [0.717, 1.165) is 23.8 Å². The Labute approximate surface area is 105 Å². The minimum Gasteiger partial charge on any atom is -0.397 e. The number of nitrogens with two attached hydrogens (primary N) is 1. The van der Waals surface area contributed by atoms with Crippen LogP contribution in [0.5, 0.6) is 0 Å². The molecule has 94 valence electrons. The number of nitrogens with zero attached hydrogens (tertiary/aromatic N) is 1. The van der Waals surface area contributed by atoms with Crippen molar-refractivity contribution in [3.8, 4) is 0 Å².